The van der Waals surface area contributed by atoms with Gasteiger partial charge in [0.1, 0.15) is 11.6 Å². The molecule has 1 amide bonds. The summed E-state index contributed by atoms with van der Waals surface area (Å²) in [4.78, 5) is 32.9. The first kappa shape index (κ1) is 13.8. The first-order valence-electron chi connectivity index (χ1n) is 5.24. The van der Waals surface area contributed by atoms with Crippen LogP contribution in [0.2, 0.25) is 0 Å². The second-order valence-corrected chi connectivity index (χ2v) is 3.77. The van der Waals surface area contributed by atoms with E-state index in [-0.39, 0.29) is 29.9 Å². The Morgan fingerprint density at radius 3 is 2.13 bits per heavy atom. The first-order valence-corrected chi connectivity index (χ1v) is 5.24. The Morgan fingerprint density at radius 2 is 1.73 bits per heavy atom. The van der Waals surface area contributed by atoms with Gasteiger partial charge in [-0.2, -0.15) is 0 Å². The van der Waals surface area contributed by atoms with Crippen LogP contribution in [0.25, 0.3) is 0 Å². The third-order valence-corrected chi connectivity index (χ3v) is 2.22. The maximum atomic E-state index is 11.5. The third kappa shape index (κ3) is 6.82. The maximum Gasteiger partial charge on any atom is 0.223 e. The first-order chi connectivity index (χ1) is 6.97. The Morgan fingerprint density at radius 1 is 1.13 bits per heavy atom. The molecule has 4 nitrogen and oxygen atoms in total. The summed E-state index contributed by atoms with van der Waals surface area (Å²) in [6, 6.07) is 0. The summed E-state index contributed by atoms with van der Waals surface area (Å²) in [7, 11) is 0. The summed E-state index contributed by atoms with van der Waals surface area (Å²) in [5, 5.41) is 2.56. The number of rotatable bonds is 7. The van der Waals surface area contributed by atoms with E-state index in [1.165, 1.54) is 13.8 Å². The van der Waals surface area contributed by atoms with Crippen molar-refractivity contribution in [3.05, 3.63) is 0 Å². The van der Waals surface area contributed by atoms with Crippen LogP contribution in [-0.4, -0.2) is 24.0 Å². The molecule has 0 fully saturated rings. The number of carbonyl (C=O) groups excluding carboxylic acids is 3. The standard InChI is InChI=1S/C11H19NO3/c1-4-10(6-5-8(2)13)11(15)12-7-9(3)14/h10H,4-7H2,1-3H3,(H,12,15). The van der Waals surface area contributed by atoms with Crippen molar-refractivity contribution in [1.29, 1.82) is 0 Å². The molecule has 1 atom stereocenters. The zero-order valence-corrected chi connectivity index (χ0v) is 9.63. The average molecular weight is 213 g/mol. The van der Waals surface area contributed by atoms with Gasteiger partial charge in [-0.3, -0.25) is 9.59 Å². The highest BCUT2D eigenvalue weighted by Crippen LogP contribution is 2.11. The Kier molecular flexibility index (Phi) is 6.58. The largest absolute Gasteiger partial charge is 0.349 e. The highest BCUT2D eigenvalue weighted by molar-refractivity contribution is 5.86. The Hall–Kier alpha value is -1.19. The van der Waals surface area contributed by atoms with E-state index in [9.17, 15) is 14.4 Å². The molecule has 0 aliphatic rings. The normalized spacial score (nSPS) is 11.9. The third-order valence-electron chi connectivity index (χ3n) is 2.22. The molecule has 86 valence electrons. The molecule has 0 aromatic heterocycles. The summed E-state index contributed by atoms with van der Waals surface area (Å²) < 4.78 is 0. The lowest BCUT2D eigenvalue weighted by Crippen LogP contribution is -2.33. The monoisotopic (exact) mass is 213 g/mol. The fourth-order valence-corrected chi connectivity index (χ4v) is 1.25. The van der Waals surface area contributed by atoms with Gasteiger partial charge in [0.15, 0.2) is 0 Å². The van der Waals surface area contributed by atoms with E-state index >= 15 is 0 Å². The number of carbonyl (C=O) groups is 3. The minimum Gasteiger partial charge on any atom is -0.349 e. The lowest BCUT2D eigenvalue weighted by atomic mass is 9.98. The molecule has 0 heterocycles. The highest BCUT2D eigenvalue weighted by Gasteiger charge is 2.16. The van der Waals surface area contributed by atoms with Crippen LogP contribution in [-0.2, 0) is 14.4 Å². The molecule has 0 aliphatic heterocycles. The number of amides is 1. The number of Topliss-reactive ketones (excluding diaryl/α,β-unsaturated/α-hetero) is 2. The maximum absolute atomic E-state index is 11.5. The number of nitrogens with one attached hydrogen (secondary N) is 1. The van der Waals surface area contributed by atoms with Crippen LogP contribution >= 0.6 is 0 Å². The van der Waals surface area contributed by atoms with Crippen molar-refractivity contribution in [3.8, 4) is 0 Å². The Bertz CT molecular complexity index is 248. The summed E-state index contributed by atoms with van der Waals surface area (Å²) in [6.45, 7) is 4.92. The minimum atomic E-state index is -0.159. The topological polar surface area (TPSA) is 63.2 Å². The summed E-state index contributed by atoms with van der Waals surface area (Å²) in [5.41, 5.74) is 0. The zero-order chi connectivity index (χ0) is 11.8. The average Bonchev–Trinajstić information content (AvgIpc) is 2.15. The van der Waals surface area contributed by atoms with Gasteiger partial charge in [0, 0.05) is 12.3 Å². The van der Waals surface area contributed by atoms with Gasteiger partial charge in [0.05, 0.1) is 6.54 Å². The van der Waals surface area contributed by atoms with Gasteiger partial charge in [0.2, 0.25) is 5.91 Å². The van der Waals surface area contributed by atoms with Crippen LogP contribution in [0.5, 0.6) is 0 Å². The van der Waals surface area contributed by atoms with Gasteiger partial charge in [-0.25, -0.2) is 0 Å². The molecule has 4 heteroatoms. The van der Waals surface area contributed by atoms with Crippen molar-refractivity contribution in [2.75, 3.05) is 6.54 Å². The highest BCUT2D eigenvalue weighted by atomic mass is 16.2. The van der Waals surface area contributed by atoms with Crippen molar-refractivity contribution < 1.29 is 14.4 Å². The summed E-state index contributed by atoms with van der Waals surface area (Å²) in [5.74, 6) is -0.264. The Balaban J connectivity index is 3.98. The molecule has 0 aromatic carbocycles. The van der Waals surface area contributed by atoms with E-state index in [2.05, 4.69) is 5.32 Å². The summed E-state index contributed by atoms with van der Waals surface area (Å²) >= 11 is 0. The molecule has 0 saturated carbocycles. The van der Waals surface area contributed by atoms with Crippen LogP contribution in [0.3, 0.4) is 0 Å². The van der Waals surface area contributed by atoms with Gasteiger partial charge in [-0.1, -0.05) is 6.92 Å². The Labute approximate surface area is 90.4 Å². The van der Waals surface area contributed by atoms with Crippen molar-refractivity contribution in [1.82, 2.24) is 5.32 Å². The van der Waals surface area contributed by atoms with E-state index in [0.717, 1.165) is 0 Å². The number of hydrogen-bond donors (Lipinski definition) is 1. The van der Waals surface area contributed by atoms with Crippen molar-refractivity contribution in [3.63, 3.8) is 0 Å². The molecule has 0 rings (SSSR count). The second-order valence-electron chi connectivity index (χ2n) is 3.77. The zero-order valence-electron chi connectivity index (χ0n) is 9.63. The minimum absolute atomic E-state index is 0.0650. The molecular weight excluding hydrogens is 194 g/mol. The molecule has 0 aliphatic carbocycles. The van der Waals surface area contributed by atoms with Crippen molar-refractivity contribution in [2.45, 2.75) is 40.0 Å². The molecule has 15 heavy (non-hydrogen) atoms. The van der Waals surface area contributed by atoms with E-state index in [1.54, 1.807) is 0 Å². The van der Waals surface area contributed by atoms with E-state index in [0.29, 0.717) is 19.3 Å². The molecule has 0 saturated heterocycles. The summed E-state index contributed by atoms with van der Waals surface area (Å²) in [6.07, 6.45) is 1.68. The van der Waals surface area contributed by atoms with Crippen LogP contribution in [0.4, 0.5) is 0 Å². The van der Waals surface area contributed by atoms with Crippen molar-refractivity contribution >= 4 is 17.5 Å². The smallest absolute Gasteiger partial charge is 0.223 e. The molecule has 0 radical (unpaired) electrons. The van der Waals surface area contributed by atoms with Gasteiger partial charge >= 0.3 is 0 Å². The number of ketones is 2. The number of hydrogen-bond acceptors (Lipinski definition) is 3. The van der Waals surface area contributed by atoms with Gasteiger partial charge < -0.3 is 10.1 Å². The fourth-order valence-electron chi connectivity index (χ4n) is 1.25. The quantitative estimate of drug-likeness (QED) is 0.688. The fraction of sp³-hybridized carbons (Fsp3) is 0.727. The lowest BCUT2D eigenvalue weighted by molar-refractivity contribution is -0.128. The molecular formula is C11H19NO3. The molecule has 0 bridgehead atoms. The van der Waals surface area contributed by atoms with E-state index in [1.807, 2.05) is 6.92 Å². The van der Waals surface area contributed by atoms with Gasteiger partial charge in [0.25, 0.3) is 0 Å². The molecule has 0 spiro atoms. The van der Waals surface area contributed by atoms with Crippen LogP contribution in [0.1, 0.15) is 40.0 Å². The van der Waals surface area contributed by atoms with Gasteiger partial charge in [-0.15, -0.1) is 0 Å². The SMILES string of the molecule is CCC(CCC(C)=O)C(=O)NCC(C)=O. The molecule has 0 aromatic rings. The van der Waals surface area contributed by atoms with Gasteiger partial charge in [-0.05, 0) is 26.7 Å². The predicted octanol–water partition coefficient (Wildman–Crippen LogP) is 1.09. The van der Waals surface area contributed by atoms with E-state index < -0.39 is 0 Å². The lowest BCUT2D eigenvalue weighted by Gasteiger charge is -2.13. The van der Waals surface area contributed by atoms with E-state index in [4.69, 9.17) is 0 Å². The van der Waals surface area contributed by atoms with Crippen LogP contribution < -0.4 is 5.32 Å². The molecule has 1 N–H and O–H groups in total. The van der Waals surface area contributed by atoms with Crippen molar-refractivity contribution in [2.24, 2.45) is 5.92 Å². The van der Waals surface area contributed by atoms with Crippen LogP contribution in [0, 0.1) is 5.92 Å². The molecule has 1 unspecified atom stereocenters. The second kappa shape index (κ2) is 7.15. The van der Waals surface area contributed by atoms with Crippen LogP contribution in [0.15, 0.2) is 0 Å². The predicted molar refractivity (Wildman–Crippen MR) is 57.4 cm³/mol.